The van der Waals surface area contributed by atoms with Gasteiger partial charge in [0.25, 0.3) is 0 Å². The van der Waals surface area contributed by atoms with Crippen LogP contribution in [0.1, 0.15) is 12.8 Å². The zero-order chi connectivity index (χ0) is 14.7. The van der Waals surface area contributed by atoms with E-state index >= 15 is 0 Å². The Labute approximate surface area is 132 Å². The summed E-state index contributed by atoms with van der Waals surface area (Å²) in [4.78, 5) is 14.0. The molecule has 2 rings (SSSR count). The quantitative estimate of drug-likeness (QED) is 0.830. The molecule has 1 aromatic carbocycles. The summed E-state index contributed by atoms with van der Waals surface area (Å²) in [7, 11) is 0. The zero-order valence-corrected chi connectivity index (χ0v) is 13.0. The summed E-state index contributed by atoms with van der Waals surface area (Å²) < 4.78 is 0. The van der Waals surface area contributed by atoms with Crippen LogP contribution in [-0.2, 0) is 4.79 Å². The van der Waals surface area contributed by atoms with Crippen LogP contribution in [0.2, 0.25) is 15.1 Å². The molecule has 1 aromatic rings. The Bertz CT molecular complexity index is 511. The maximum absolute atomic E-state index is 12.0. The number of hydrogen-bond donors (Lipinski definition) is 2. The number of aliphatic hydroxyl groups excluding tert-OH is 1. The summed E-state index contributed by atoms with van der Waals surface area (Å²) >= 11 is 17.7. The minimum Gasteiger partial charge on any atom is -0.395 e. The van der Waals surface area contributed by atoms with Crippen molar-refractivity contribution in [1.82, 2.24) is 4.90 Å². The Balaban J connectivity index is 1.99. The molecule has 0 saturated carbocycles. The van der Waals surface area contributed by atoms with E-state index in [9.17, 15) is 9.90 Å². The zero-order valence-electron chi connectivity index (χ0n) is 10.7. The molecule has 0 bridgehead atoms. The Hall–Kier alpha value is -0.520. The topological polar surface area (TPSA) is 52.6 Å². The van der Waals surface area contributed by atoms with Crippen molar-refractivity contribution in [1.29, 1.82) is 0 Å². The van der Waals surface area contributed by atoms with E-state index in [0.717, 1.165) is 19.4 Å². The second kappa shape index (κ2) is 6.96. The highest BCUT2D eigenvalue weighted by atomic mass is 35.5. The van der Waals surface area contributed by atoms with Gasteiger partial charge < -0.3 is 10.4 Å². The van der Waals surface area contributed by atoms with Crippen molar-refractivity contribution in [2.24, 2.45) is 0 Å². The van der Waals surface area contributed by atoms with Crippen LogP contribution >= 0.6 is 34.8 Å². The molecule has 1 amide bonds. The normalized spacial score (nSPS) is 19.3. The van der Waals surface area contributed by atoms with Crippen molar-refractivity contribution < 1.29 is 9.90 Å². The number of carbonyl (C=O) groups is 1. The molecule has 1 heterocycles. The van der Waals surface area contributed by atoms with E-state index < -0.39 is 0 Å². The number of amides is 1. The fourth-order valence-electron chi connectivity index (χ4n) is 2.30. The maximum Gasteiger partial charge on any atom is 0.238 e. The molecule has 0 radical (unpaired) electrons. The molecule has 2 N–H and O–H groups in total. The summed E-state index contributed by atoms with van der Waals surface area (Å²) in [6, 6.07) is 3.08. The predicted octanol–water partition coefficient (Wildman–Crippen LogP) is 3.04. The monoisotopic (exact) mass is 336 g/mol. The van der Waals surface area contributed by atoms with E-state index in [1.165, 1.54) is 12.1 Å². The van der Waals surface area contributed by atoms with Crippen molar-refractivity contribution in [3.05, 3.63) is 27.2 Å². The molecule has 1 fully saturated rings. The lowest BCUT2D eigenvalue weighted by Crippen LogP contribution is -2.38. The van der Waals surface area contributed by atoms with Crippen LogP contribution in [0.15, 0.2) is 12.1 Å². The van der Waals surface area contributed by atoms with Gasteiger partial charge in [0.2, 0.25) is 5.91 Å². The number of aliphatic hydroxyl groups is 1. The van der Waals surface area contributed by atoms with E-state index in [-0.39, 0.29) is 25.1 Å². The second-order valence-electron chi connectivity index (χ2n) is 4.74. The van der Waals surface area contributed by atoms with Crippen molar-refractivity contribution in [3.63, 3.8) is 0 Å². The van der Waals surface area contributed by atoms with Gasteiger partial charge in [-0.15, -0.1) is 0 Å². The number of likely N-dealkylation sites (tertiary alicyclic amines) is 1. The van der Waals surface area contributed by atoms with Gasteiger partial charge in [0.05, 0.1) is 33.9 Å². The average Bonchev–Trinajstić information content (AvgIpc) is 2.83. The lowest BCUT2D eigenvalue weighted by molar-refractivity contribution is -0.117. The number of halogens is 3. The molecule has 0 unspecified atom stereocenters. The maximum atomic E-state index is 12.0. The lowest BCUT2D eigenvalue weighted by Gasteiger charge is -2.22. The van der Waals surface area contributed by atoms with Gasteiger partial charge in [-0.05, 0) is 31.5 Å². The summed E-state index contributed by atoms with van der Waals surface area (Å²) in [5.41, 5.74) is 0.436. The highest BCUT2D eigenvalue weighted by molar-refractivity contribution is 6.44. The molecule has 110 valence electrons. The fraction of sp³-hybridized carbons (Fsp3) is 0.462. The van der Waals surface area contributed by atoms with Crippen LogP contribution in [0.5, 0.6) is 0 Å². The number of rotatable bonds is 4. The highest BCUT2D eigenvalue weighted by Gasteiger charge is 2.25. The first-order valence-electron chi connectivity index (χ1n) is 6.30. The summed E-state index contributed by atoms with van der Waals surface area (Å²) in [5, 5.41) is 13.0. The van der Waals surface area contributed by atoms with Gasteiger partial charge in [0.15, 0.2) is 0 Å². The number of hydrogen-bond acceptors (Lipinski definition) is 3. The highest BCUT2D eigenvalue weighted by Crippen LogP contribution is 2.32. The van der Waals surface area contributed by atoms with E-state index in [0.29, 0.717) is 20.8 Å². The van der Waals surface area contributed by atoms with Gasteiger partial charge >= 0.3 is 0 Å². The molecule has 0 aromatic heterocycles. The fourth-order valence-corrected chi connectivity index (χ4v) is 2.90. The van der Waals surface area contributed by atoms with Gasteiger partial charge in [0.1, 0.15) is 0 Å². The van der Waals surface area contributed by atoms with E-state index in [2.05, 4.69) is 5.32 Å². The van der Waals surface area contributed by atoms with Gasteiger partial charge in [-0.1, -0.05) is 34.8 Å². The first kappa shape index (κ1) is 15.9. The van der Waals surface area contributed by atoms with Crippen LogP contribution in [0.25, 0.3) is 0 Å². The molecular formula is C13H15Cl3N2O2. The van der Waals surface area contributed by atoms with E-state index in [1.54, 1.807) is 0 Å². The van der Waals surface area contributed by atoms with Crippen LogP contribution < -0.4 is 5.32 Å². The van der Waals surface area contributed by atoms with Crippen molar-refractivity contribution in [2.75, 3.05) is 25.0 Å². The predicted molar refractivity (Wildman–Crippen MR) is 81.8 cm³/mol. The molecular weight excluding hydrogens is 323 g/mol. The largest absolute Gasteiger partial charge is 0.395 e. The molecule has 1 aliphatic rings. The van der Waals surface area contributed by atoms with Crippen LogP contribution in [0, 0.1) is 0 Å². The summed E-state index contributed by atoms with van der Waals surface area (Å²) in [6.07, 6.45) is 1.91. The third-order valence-electron chi connectivity index (χ3n) is 3.34. The average molecular weight is 338 g/mol. The molecule has 0 spiro atoms. The van der Waals surface area contributed by atoms with Crippen molar-refractivity contribution in [2.45, 2.75) is 18.9 Å². The number of nitrogens with zero attached hydrogens (tertiary/aromatic N) is 1. The molecule has 1 aliphatic heterocycles. The van der Waals surface area contributed by atoms with Crippen LogP contribution in [0.3, 0.4) is 0 Å². The van der Waals surface area contributed by atoms with Crippen LogP contribution in [-0.4, -0.2) is 41.7 Å². The Morgan fingerprint density at radius 3 is 2.70 bits per heavy atom. The third kappa shape index (κ3) is 3.77. The number of anilines is 1. The summed E-state index contributed by atoms with van der Waals surface area (Å²) in [6.45, 7) is 1.11. The SMILES string of the molecule is O=C(CN1CCC[C@H]1CO)Nc1cc(Cl)c(Cl)cc1Cl. The van der Waals surface area contributed by atoms with Crippen molar-refractivity contribution in [3.8, 4) is 0 Å². The molecule has 1 atom stereocenters. The lowest BCUT2D eigenvalue weighted by atomic mass is 10.2. The van der Waals surface area contributed by atoms with Gasteiger partial charge in [-0.3, -0.25) is 9.69 Å². The third-order valence-corrected chi connectivity index (χ3v) is 4.38. The van der Waals surface area contributed by atoms with E-state index in [4.69, 9.17) is 34.8 Å². The molecule has 0 aliphatic carbocycles. The smallest absolute Gasteiger partial charge is 0.238 e. The first-order chi connectivity index (χ1) is 9.51. The minimum absolute atomic E-state index is 0.0602. The molecule has 4 nitrogen and oxygen atoms in total. The molecule has 7 heteroatoms. The first-order valence-corrected chi connectivity index (χ1v) is 7.44. The Morgan fingerprint density at radius 2 is 2.00 bits per heavy atom. The Morgan fingerprint density at radius 1 is 1.30 bits per heavy atom. The van der Waals surface area contributed by atoms with Crippen LogP contribution in [0.4, 0.5) is 5.69 Å². The standard InChI is InChI=1S/C13H15Cl3N2O2/c14-9-4-11(16)12(5-10(9)15)17-13(20)6-18-3-1-2-8(18)7-19/h4-5,8,19H,1-3,6-7H2,(H,17,20)/t8-/m0/s1. The minimum atomic E-state index is -0.189. The molecule has 20 heavy (non-hydrogen) atoms. The number of carbonyl (C=O) groups excluding carboxylic acids is 1. The molecule has 1 saturated heterocycles. The number of benzene rings is 1. The second-order valence-corrected chi connectivity index (χ2v) is 5.97. The summed E-state index contributed by atoms with van der Waals surface area (Å²) in [5.74, 6) is -0.189. The van der Waals surface area contributed by atoms with Crippen molar-refractivity contribution >= 4 is 46.4 Å². The Kier molecular flexibility index (Phi) is 5.52. The van der Waals surface area contributed by atoms with Gasteiger partial charge in [-0.25, -0.2) is 0 Å². The van der Waals surface area contributed by atoms with Gasteiger partial charge in [-0.2, -0.15) is 0 Å². The number of nitrogens with one attached hydrogen (secondary N) is 1. The van der Waals surface area contributed by atoms with E-state index in [1.807, 2.05) is 4.90 Å². The van der Waals surface area contributed by atoms with Gasteiger partial charge in [0, 0.05) is 6.04 Å².